The first kappa shape index (κ1) is 17.0. The lowest BCUT2D eigenvalue weighted by Gasteiger charge is -2.24. The average molecular weight is 285 g/mol. The molecule has 5 heteroatoms. The first-order chi connectivity index (χ1) is 9.44. The van der Waals surface area contributed by atoms with Crippen molar-refractivity contribution in [3.63, 3.8) is 0 Å². The van der Waals surface area contributed by atoms with Crippen LogP contribution in [0.1, 0.15) is 19.4 Å². The second kappa shape index (κ2) is 8.32. The molecule has 1 rings (SSSR count). The third-order valence-electron chi connectivity index (χ3n) is 3.01. The van der Waals surface area contributed by atoms with Crippen molar-refractivity contribution in [3.8, 4) is 0 Å². The van der Waals surface area contributed by atoms with Gasteiger partial charge in [0.25, 0.3) is 0 Å². The molecule has 2 N–H and O–H groups in total. The molecule has 114 valence electrons. The van der Waals surface area contributed by atoms with Crippen LogP contribution >= 0.6 is 0 Å². The first-order valence-electron chi connectivity index (χ1n) is 6.69. The molecule has 0 bridgehead atoms. The van der Waals surface area contributed by atoms with Crippen molar-refractivity contribution >= 4 is 0 Å². The zero-order valence-corrected chi connectivity index (χ0v) is 12.4. The molecule has 20 heavy (non-hydrogen) atoms. The lowest BCUT2D eigenvalue weighted by molar-refractivity contribution is 0.00894. The number of methoxy groups -OCH3 is 1. The zero-order valence-electron chi connectivity index (χ0n) is 12.4. The van der Waals surface area contributed by atoms with E-state index in [9.17, 15) is 9.50 Å². The van der Waals surface area contributed by atoms with Crippen LogP contribution in [-0.4, -0.2) is 43.6 Å². The minimum absolute atomic E-state index is 0.160. The highest BCUT2D eigenvalue weighted by molar-refractivity contribution is 5.16. The summed E-state index contributed by atoms with van der Waals surface area (Å²) in [6.07, 6.45) is -0.630. The van der Waals surface area contributed by atoms with Gasteiger partial charge >= 0.3 is 0 Å². The summed E-state index contributed by atoms with van der Waals surface area (Å²) in [5, 5.41) is 12.9. The Morgan fingerprint density at radius 2 is 2.05 bits per heavy atom. The number of ether oxygens (including phenoxy) is 2. The van der Waals surface area contributed by atoms with Crippen molar-refractivity contribution in [1.29, 1.82) is 0 Å². The molecule has 0 radical (unpaired) electrons. The minimum atomic E-state index is -0.630. The molecule has 0 heterocycles. The van der Waals surface area contributed by atoms with E-state index >= 15 is 0 Å². The Kier molecular flexibility index (Phi) is 7.09. The molecular formula is C15H24FNO3. The third kappa shape index (κ3) is 6.43. The summed E-state index contributed by atoms with van der Waals surface area (Å²) in [5.41, 5.74) is 0.224. The van der Waals surface area contributed by atoms with Crippen LogP contribution < -0.4 is 5.32 Å². The number of halogens is 1. The number of nitrogens with one attached hydrogen (secondary N) is 1. The van der Waals surface area contributed by atoms with Crippen molar-refractivity contribution in [2.45, 2.75) is 32.2 Å². The Labute approximate surface area is 119 Å². The smallest absolute Gasteiger partial charge is 0.128 e. The maximum absolute atomic E-state index is 13.3. The Morgan fingerprint density at radius 1 is 1.35 bits per heavy atom. The zero-order chi connectivity index (χ0) is 15.0. The molecule has 1 aromatic carbocycles. The van der Waals surface area contributed by atoms with Gasteiger partial charge in [-0.25, -0.2) is 4.39 Å². The van der Waals surface area contributed by atoms with Crippen molar-refractivity contribution < 1.29 is 19.0 Å². The van der Waals surface area contributed by atoms with E-state index in [0.717, 1.165) is 0 Å². The van der Waals surface area contributed by atoms with Gasteiger partial charge in [0, 0.05) is 25.8 Å². The molecule has 0 spiro atoms. The number of hydrogen-bond acceptors (Lipinski definition) is 4. The van der Waals surface area contributed by atoms with E-state index in [2.05, 4.69) is 5.32 Å². The average Bonchev–Trinajstić information content (AvgIpc) is 2.41. The van der Waals surface area contributed by atoms with Gasteiger partial charge in [-0.1, -0.05) is 18.2 Å². The minimum Gasteiger partial charge on any atom is -0.389 e. The number of aliphatic hydroxyl groups is 1. The highest BCUT2D eigenvalue weighted by Crippen LogP contribution is 2.08. The molecule has 0 fully saturated rings. The van der Waals surface area contributed by atoms with Crippen LogP contribution in [0.4, 0.5) is 4.39 Å². The van der Waals surface area contributed by atoms with Gasteiger partial charge in [0.05, 0.1) is 24.9 Å². The van der Waals surface area contributed by atoms with Gasteiger partial charge in [-0.2, -0.15) is 0 Å². The highest BCUT2D eigenvalue weighted by Gasteiger charge is 2.16. The number of hydrogen-bond donors (Lipinski definition) is 2. The Morgan fingerprint density at radius 3 is 2.70 bits per heavy atom. The maximum Gasteiger partial charge on any atom is 0.128 e. The first-order valence-corrected chi connectivity index (χ1v) is 6.69. The van der Waals surface area contributed by atoms with Gasteiger partial charge in [0.2, 0.25) is 0 Å². The lowest BCUT2D eigenvalue weighted by Crippen LogP contribution is -2.40. The van der Waals surface area contributed by atoms with Crippen LogP contribution in [0, 0.1) is 5.82 Å². The largest absolute Gasteiger partial charge is 0.389 e. The molecule has 1 unspecified atom stereocenters. The van der Waals surface area contributed by atoms with Gasteiger partial charge in [-0.05, 0) is 19.9 Å². The molecule has 1 atom stereocenters. The fraction of sp³-hybridized carbons (Fsp3) is 0.600. The fourth-order valence-corrected chi connectivity index (χ4v) is 1.59. The summed E-state index contributed by atoms with van der Waals surface area (Å²) in [6.45, 7) is 5.28. The lowest BCUT2D eigenvalue weighted by atomic mass is 10.1. The molecule has 0 aliphatic carbocycles. The molecule has 0 aliphatic rings. The van der Waals surface area contributed by atoms with Crippen LogP contribution in [0.2, 0.25) is 0 Å². The van der Waals surface area contributed by atoms with E-state index in [1.165, 1.54) is 6.07 Å². The number of rotatable bonds is 9. The quantitative estimate of drug-likeness (QED) is 0.725. The SMILES string of the molecule is COC(C)(C)CNCC(O)COCc1ccccc1F. The Balaban J connectivity index is 2.18. The van der Waals surface area contributed by atoms with Crippen LogP contribution in [0.25, 0.3) is 0 Å². The maximum atomic E-state index is 13.3. The number of benzene rings is 1. The van der Waals surface area contributed by atoms with Crippen molar-refractivity contribution in [2.24, 2.45) is 0 Å². The second-order valence-corrected chi connectivity index (χ2v) is 5.36. The molecule has 0 aromatic heterocycles. The van der Waals surface area contributed by atoms with E-state index in [1.807, 2.05) is 13.8 Å². The van der Waals surface area contributed by atoms with Crippen molar-refractivity contribution in [2.75, 3.05) is 26.8 Å². The summed E-state index contributed by atoms with van der Waals surface area (Å²) < 4.78 is 23.9. The van der Waals surface area contributed by atoms with Gasteiger partial charge in [-0.3, -0.25) is 0 Å². The molecule has 0 saturated carbocycles. The molecule has 1 aromatic rings. The normalized spacial score (nSPS) is 13.4. The van der Waals surface area contributed by atoms with Gasteiger partial charge in [0.1, 0.15) is 5.82 Å². The van der Waals surface area contributed by atoms with Crippen LogP contribution in [-0.2, 0) is 16.1 Å². The fourth-order valence-electron chi connectivity index (χ4n) is 1.59. The third-order valence-corrected chi connectivity index (χ3v) is 3.01. The summed E-state index contributed by atoms with van der Waals surface area (Å²) in [4.78, 5) is 0. The topological polar surface area (TPSA) is 50.7 Å². The molecule has 0 saturated heterocycles. The monoisotopic (exact) mass is 285 g/mol. The molecule has 4 nitrogen and oxygen atoms in total. The summed E-state index contributed by atoms with van der Waals surface area (Å²) in [6, 6.07) is 6.45. The predicted octanol–water partition coefficient (Wildman–Crippen LogP) is 1.72. The highest BCUT2D eigenvalue weighted by atomic mass is 19.1. The Hall–Kier alpha value is -1.01. The summed E-state index contributed by atoms with van der Waals surface area (Å²) in [5.74, 6) is -0.290. The molecule has 0 aliphatic heterocycles. The van der Waals surface area contributed by atoms with E-state index in [0.29, 0.717) is 18.7 Å². The number of aliphatic hydroxyl groups excluding tert-OH is 1. The predicted molar refractivity (Wildman–Crippen MR) is 76.0 cm³/mol. The molecular weight excluding hydrogens is 261 g/mol. The Bertz CT molecular complexity index is 398. The van der Waals surface area contributed by atoms with E-state index in [4.69, 9.17) is 9.47 Å². The molecule has 0 amide bonds. The summed E-state index contributed by atoms with van der Waals surface area (Å²) >= 11 is 0. The van der Waals surface area contributed by atoms with E-state index in [-0.39, 0.29) is 24.6 Å². The van der Waals surface area contributed by atoms with Crippen LogP contribution in [0.3, 0.4) is 0 Å². The van der Waals surface area contributed by atoms with Crippen molar-refractivity contribution in [1.82, 2.24) is 5.32 Å². The van der Waals surface area contributed by atoms with Crippen LogP contribution in [0.15, 0.2) is 24.3 Å². The van der Waals surface area contributed by atoms with Gasteiger partial charge in [-0.15, -0.1) is 0 Å². The second-order valence-electron chi connectivity index (χ2n) is 5.36. The standard InChI is InChI=1S/C15H24FNO3/c1-15(2,19-3)11-17-8-13(18)10-20-9-12-6-4-5-7-14(12)16/h4-7,13,17-18H,8-11H2,1-3H3. The van der Waals surface area contributed by atoms with Gasteiger partial charge < -0.3 is 19.9 Å². The van der Waals surface area contributed by atoms with E-state index in [1.54, 1.807) is 25.3 Å². The summed E-state index contributed by atoms with van der Waals surface area (Å²) in [7, 11) is 1.65. The van der Waals surface area contributed by atoms with Crippen LogP contribution in [0.5, 0.6) is 0 Å². The van der Waals surface area contributed by atoms with Gasteiger partial charge in [0.15, 0.2) is 0 Å². The van der Waals surface area contributed by atoms with Crippen molar-refractivity contribution in [3.05, 3.63) is 35.6 Å². The van der Waals surface area contributed by atoms with E-state index < -0.39 is 6.10 Å².